The van der Waals surface area contributed by atoms with Crippen molar-refractivity contribution in [2.75, 3.05) is 0 Å². The number of rotatable bonds is 3. The first-order valence-corrected chi connectivity index (χ1v) is 15.9. The third kappa shape index (κ3) is 3.18. The minimum absolute atomic E-state index is 0.0297. The van der Waals surface area contributed by atoms with Crippen molar-refractivity contribution >= 4 is 5.78 Å². The number of epoxide rings is 1. The molecule has 222 valence electrons. The van der Waals surface area contributed by atoms with Crippen LogP contribution in [0.15, 0.2) is 36.7 Å². The van der Waals surface area contributed by atoms with Crippen molar-refractivity contribution in [3.63, 3.8) is 0 Å². The van der Waals surface area contributed by atoms with Gasteiger partial charge in [0.05, 0.1) is 28.8 Å². The zero-order valence-corrected chi connectivity index (χ0v) is 25.3. The second-order valence-electron chi connectivity index (χ2n) is 15.6. The molecule has 13 atom stereocenters. The van der Waals surface area contributed by atoms with Crippen LogP contribution in [0.1, 0.15) is 85.6 Å². The number of aromatic nitrogens is 1. The van der Waals surface area contributed by atoms with Gasteiger partial charge in [-0.3, -0.25) is 9.78 Å². The van der Waals surface area contributed by atoms with Gasteiger partial charge < -0.3 is 24.1 Å². The normalized spacial score (nSPS) is 55.0. The molecule has 7 nitrogen and oxygen atoms in total. The Hall–Kier alpha value is -1.64. The number of carbonyl (C=O) groups excluding carboxylic acids is 1. The Labute approximate surface area is 243 Å². The summed E-state index contributed by atoms with van der Waals surface area (Å²) in [7, 11) is 0. The van der Waals surface area contributed by atoms with Gasteiger partial charge in [0.25, 0.3) is 0 Å². The number of carbonyl (C=O) groups is 1. The third-order valence-corrected chi connectivity index (χ3v) is 13.8. The quantitative estimate of drug-likeness (QED) is 0.499. The standard InChI is InChI=1S/C34H45NO6/c1-19(24-17-31(5)29(2,3)40-34(39-24,41-31)20-9-8-16-35-18-20)21-11-12-22-26-23(13-15-30(21,22)4)32(6)25(36)10-7-14-33(32,37)28-27(26)38-28/h7-10,16,18-19,21-24,26-28,37H,11-15,17H2,1-6H3/t19-,21+,22-,23-,24+,26-,27-,28-,30+,31+,32-,33-,34-/m0/s1. The fourth-order valence-electron chi connectivity index (χ4n) is 11.0. The smallest absolute Gasteiger partial charge is 0.315 e. The summed E-state index contributed by atoms with van der Waals surface area (Å²) in [5.41, 5.74) is -1.95. The summed E-state index contributed by atoms with van der Waals surface area (Å²) in [6.07, 6.45) is 12.5. The number of aliphatic hydroxyl groups is 1. The molecule has 3 saturated heterocycles. The van der Waals surface area contributed by atoms with Crippen LogP contribution < -0.4 is 0 Å². The van der Waals surface area contributed by atoms with Crippen molar-refractivity contribution in [3.05, 3.63) is 42.2 Å². The highest BCUT2D eigenvalue weighted by Gasteiger charge is 2.77. The molecule has 2 bridgehead atoms. The first-order valence-electron chi connectivity index (χ1n) is 15.9. The molecule has 0 unspecified atom stereocenters. The second kappa shape index (κ2) is 8.09. The van der Waals surface area contributed by atoms with Gasteiger partial charge in [0, 0.05) is 18.8 Å². The number of ether oxygens (including phenoxy) is 4. The van der Waals surface area contributed by atoms with Crippen LogP contribution in [0.2, 0.25) is 0 Å². The Kier molecular flexibility index (Phi) is 5.32. The molecule has 4 aliphatic carbocycles. The molecule has 7 heteroatoms. The monoisotopic (exact) mass is 563 g/mol. The first kappa shape index (κ1) is 26.9. The molecule has 4 heterocycles. The molecule has 3 saturated carbocycles. The number of hydrogen-bond donors (Lipinski definition) is 1. The summed E-state index contributed by atoms with van der Waals surface area (Å²) in [5, 5.41) is 11.9. The van der Waals surface area contributed by atoms with E-state index in [1.54, 1.807) is 18.5 Å². The Morgan fingerprint density at radius 3 is 2.63 bits per heavy atom. The highest BCUT2D eigenvalue weighted by molar-refractivity contribution is 5.97. The maximum absolute atomic E-state index is 13.5. The van der Waals surface area contributed by atoms with Crippen molar-refractivity contribution < 1.29 is 28.8 Å². The minimum atomic E-state index is -1.26. The SMILES string of the molecule is C[C@@H]([C@H]1CC[C@H]2[C@@H]3[C@@H]4O[C@@H]4[C@@]4(O)CC=CC(=O)[C@]4(C)[C@H]3CC[C@]12C)[C@H]1C[C@@]2(C)O[C@@](c3cccnc3)(O1)OC2(C)C. The average Bonchev–Trinajstić information content (AvgIpc) is 3.63. The van der Waals surface area contributed by atoms with Crippen LogP contribution in [0.3, 0.4) is 0 Å². The van der Waals surface area contributed by atoms with E-state index in [9.17, 15) is 9.90 Å². The Bertz CT molecular complexity index is 1310. The molecule has 0 amide bonds. The predicted molar refractivity (Wildman–Crippen MR) is 150 cm³/mol. The summed E-state index contributed by atoms with van der Waals surface area (Å²) in [6, 6.07) is 3.89. The van der Waals surface area contributed by atoms with Gasteiger partial charge in [-0.1, -0.05) is 19.9 Å². The molecule has 8 rings (SSSR count). The van der Waals surface area contributed by atoms with Gasteiger partial charge in [-0.25, -0.2) is 0 Å². The van der Waals surface area contributed by atoms with Crippen LogP contribution in [-0.4, -0.2) is 51.0 Å². The van der Waals surface area contributed by atoms with E-state index in [0.29, 0.717) is 30.1 Å². The summed E-state index contributed by atoms with van der Waals surface area (Å²) in [5.74, 6) is 0.529. The second-order valence-corrected chi connectivity index (χ2v) is 15.6. The molecule has 0 spiro atoms. The lowest BCUT2D eigenvalue weighted by atomic mass is 9.43. The topological polar surface area (TPSA) is 90.4 Å². The number of hydrogen-bond acceptors (Lipinski definition) is 7. The van der Waals surface area contributed by atoms with Crippen molar-refractivity contribution in [1.82, 2.24) is 4.98 Å². The van der Waals surface area contributed by atoms with E-state index in [2.05, 4.69) is 39.6 Å². The molecular formula is C34H45NO6. The van der Waals surface area contributed by atoms with Crippen molar-refractivity contribution in [2.45, 2.75) is 121 Å². The van der Waals surface area contributed by atoms with Crippen molar-refractivity contribution in [1.29, 1.82) is 0 Å². The van der Waals surface area contributed by atoms with Gasteiger partial charge in [-0.2, -0.15) is 0 Å². The van der Waals surface area contributed by atoms with Crippen LogP contribution in [0, 0.1) is 40.4 Å². The number of nitrogens with zero attached hydrogens (tertiary/aromatic N) is 1. The van der Waals surface area contributed by atoms with Crippen molar-refractivity contribution in [3.8, 4) is 0 Å². The van der Waals surface area contributed by atoms with Gasteiger partial charge in [0.15, 0.2) is 5.78 Å². The van der Waals surface area contributed by atoms with Gasteiger partial charge in [0.2, 0.25) is 0 Å². The van der Waals surface area contributed by atoms with E-state index in [1.807, 2.05) is 25.1 Å². The molecule has 1 aromatic rings. The van der Waals surface area contributed by atoms with Crippen LogP contribution in [0.4, 0.5) is 0 Å². The van der Waals surface area contributed by atoms with Crippen LogP contribution in [-0.2, 0) is 29.7 Å². The van der Waals surface area contributed by atoms with Crippen LogP contribution in [0.5, 0.6) is 0 Å². The first-order chi connectivity index (χ1) is 19.3. The van der Waals surface area contributed by atoms with E-state index in [1.165, 1.54) is 0 Å². The average molecular weight is 564 g/mol. The van der Waals surface area contributed by atoms with E-state index in [4.69, 9.17) is 18.9 Å². The third-order valence-electron chi connectivity index (χ3n) is 13.8. The molecule has 0 aromatic carbocycles. The fourth-order valence-corrected chi connectivity index (χ4v) is 11.0. The van der Waals surface area contributed by atoms with Gasteiger partial charge in [-0.15, -0.1) is 0 Å². The van der Waals surface area contributed by atoms with E-state index >= 15 is 0 Å². The summed E-state index contributed by atoms with van der Waals surface area (Å²) < 4.78 is 26.5. The molecular weight excluding hydrogens is 518 g/mol. The molecule has 6 fully saturated rings. The van der Waals surface area contributed by atoms with Gasteiger partial charge >= 0.3 is 5.97 Å². The molecule has 1 N–H and O–H groups in total. The Morgan fingerprint density at radius 1 is 1.07 bits per heavy atom. The largest absolute Gasteiger partial charge is 0.386 e. The van der Waals surface area contributed by atoms with E-state index in [0.717, 1.165) is 37.7 Å². The van der Waals surface area contributed by atoms with Gasteiger partial charge in [-0.05, 0) is 113 Å². The lowest BCUT2D eigenvalue weighted by molar-refractivity contribution is -0.407. The maximum Gasteiger partial charge on any atom is 0.315 e. The zero-order valence-electron chi connectivity index (χ0n) is 25.3. The highest BCUT2D eigenvalue weighted by atomic mass is 16.9. The van der Waals surface area contributed by atoms with Crippen LogP contribution >= 0.6 is 0 Å². The maximum atomic E-state index is 13.5. The Morgan fingerprint density at radius 2 is 1.88 bits per heavy atom. The molecule has 7 aliphatic rings. The zero-order chi connectivity index (χ0) is 28.8. The lowest BCUT2D eigenvalue weighted by Gasteiger charge is -2.60. The van der Waals surface area contributed by atoms with Crippen LogP contribution in [0.25, 0.3) is 0 Å². The summed E-state index contributed by atoms with van der Waals surface area (Å²) >= 11 is 0. The fraction of sp³-hybridized carbons (Fsp3) is 0.765. The highest BCUT2D eigenvalue weighted by Crippen LogP contribution is 2.72. The van der Waals surface area contributed by atoms with E-state index in [-0.39, 0.29) is 35.4 Å². The number of fused-ring (bicyclic) bond motifs is 10. The van der Waals surface area contributed by atoms with Gasteiger partial charge in [0.1, 0.15) is 17.3 Å². The van der Waals surface area contributed by atoms with E-state index < -0.39 is 28.2 Å². The lowest BCUT2D eigenvalue weighted by Crippen LogP contribution is -2.67. The summed E-state index contributed by atoms with van der Waals surface area (Å²) in [6.45, 7) is 13.3. The summed E-state index contributed by atoms with van der Waals surface area (Å²) in [4.78, 5) is 17.8. The molecule has 1 aromatic heterocycles. The molecule has 41 heavy (non-hydrogen) atoms. The molecule has 3 aliphatic heterocycles. The number of pyridine rings is 1. The number of ketones is 1. The minimum Gasteiger partial charge on any atom is -0.386 e. The van der Waals surface area contributed by atoms with Crippen molar-refractivity contribution in [2.24, 2.45) is 40.4 Å². The Balaban J connectivity index is 1.10. The molecule has 0 radical (unpaired) electrons. The number of allylic oxidation sites excluding steroid dienone is 1. The predicted octanol–water partition coefficient (Wildman–Crippen LogP) is 5.31.